The van der Waals surface area contributed by atoms with Gasteiger partial charge in [-0.05, 0) is 17.7 Å². The molecule has 2 aromatic carbocycles. The highest BCUT2D eigenvalue weighted by Gasteiger charge is 2.11. The number of carbonyl (C=O) groups excluding carboxylic acids is 1. The maximum atomic E-state index is 12.1. The van der Waals surface area contributed by atoms with Crippen LogP contribution in [0.15, 0.2) is 60.8 Å². The average molecular weight is 251 g/mol. The van der Waals surface area contributed by atoms with Crippen LogP contribution in [0.1, 0.15) is 15.9 Å². The number of hydrogen-bond acceptors (Lipinski definition) is 2. The van der Waals surface area contributed by atoms with Gasteiger partial charge < -0.3 is 9.72 Å². The minimum atomic E-state index is -0.308. The predicted molar refractivity (Wildman–Crippen MR) is 73.9 cm³/mol. The van der Waals surface area contributed by atoms with Crippen molar-refractivity contribution >= 4 is 16.9 Å². The van der Waals surface area contributed by atoms with Crippen molar-refractivity contribution in [3.05, 3.63) is 71.9 Å². The number of carbonyl (C=O) groups is 1. The van der Waals surface area contributed by atoms with Crippen molar-refractivity contribution < 1.29 is 9.53 Å². The predicted octanol–water partition coefficient (Wildman–Crippen LogP) is 3.52. The molecule has 1 heterocycles. The Kier molecular flexibility index (Phi) is 3.02. The molecule has 0 aliphatic rings. The van der Waals surface area contributed by atoms with Crippen molar-refractivity contribution in [3.63, 3.8) is 0 Å². The van der Waals surface area contributed by atoms with E-state index in [9.17, 15) is 4.79 Å². The molecule has 1 N–H and O–H groups in total. The second kappa shape index (κ2) is 4.98. The molecule has 0 fully saturated rings. The van der Waals surface area contributed by atoms with Crippen molar-refractivity contribution in [1.29, 1.82) is 0 Å². The second-order valence-electron chi connectivity index (χ2n) is 4.31. The van der Waals surface area contributed by atoms with Crippen LogP contribution in [0.4, 0.5) is 0 Å². The molecule has 3 aromatic rings. The van der Waals surface area contributed by atoms with Crippen LogP contribution in [0.5, 0.6) is 0 Å². The molecule has 0 spiro atoms. The van der Waals surface area contributed by atoms with Gasteiger partial charge in [0.05, 0.1) is 11.1 Å². The molecule has 3 rings (SSSR count). The van der Waals surface area contributed by atoms with Gasteiger partial charge in [0.25, 0.3) is 0 Å². The largest absolute Gasteiger partial charge is 0.457 e. The summed E-state index contributed by atoms with van der Waals surface area (Å²) in [5.74, 6) is -0.308. The molecule has 0 bridgehead atoms. The van der Waals surface area contributed by atoms with E-state index in [-0.39, 0.29) is 12.6 Å². The Balaban J connectivity index is 1.79. The van der Waals surface area contributed by atoms with Crippen LogP contribution in [0.3, 0.4) is 0 Å². The molecule has 3 nitrogen and oxygen atoms in total. The molecule has 0 aliphatic heterocycles. The average Bonchev–Trinajstić information content (AvgIpc) is 2.94. The SMILES string of the molecule is O=C(OCc1ccccc1)c1cccc2cc[nH]c12. The third-order valence-electron chi connectivity index (χ3n) is 3.02. The summed E-state index contributed by atoms with van der Waals surface area (Å²) in [6, 6.07) is 17.2. The molecule has 0 saturated carbocycles. The van der Waals surface area contributed by atoms with E-state index in [1.807, 2.05) is 54.7 Å². The summed E-state index contributed by atoms with van der Waals surface area (Å²) in [6.07, 6.45) is 1.82. The number of H-pyrrole nitrogens is 1. The number of fused-ring (bicyclic) bond motifs is 1. The number of nitrogens with one attached hydrogen (secondary N) is 1. The van der Waals surface area contributed by atoms with Crippen LogP contribution in [-0.4, -0.2) is 11.0 Å². The number of rotatable bonds is 3. The number of aromatic amines is 1. The second-order valence-corrected chi connectivity index (χ2v) is 4.31. The Morgan fingerprint density at radius 1 is 1.00 bits per heavy atom. The van der Waals surface area contributed by atoms with Gasteiger partial charge in [-0.1, -0.05) is 42.5 Å². The van der Waals surface area contributed by atoms with E-state index in [0.717, 1.165) is 16.5 Å². The summed E-state index contributed by atoms with van der Waals surface area (Å²) in [7, 11) is 0. The van der Waals surface area contributed by atoms with Crippen LogP contribution in [0.25, 0.3) is 10.9 Å². The summed E-state index contributed by atoms with van der Waals surface area (Å²) in [4.78, 5) is 15.2. The van der Waals surface area contributed by atoms with Crippen LogP contribution in [-0.2, 0) is 11.3 Å². The van der Waals surface area contributed by atoms with Gasteiger partial charge in [0, 0.05) is 11.6 Å². The fraction of sp³-hybridized carbons (Fsp3) is 0.0625. The van der Waals surface area contributed by atoms with E-state index in [2.05, 4.69) is 4.98 Å². The summed E-state index contributed by atoms with van der Waals surface area (Å²) in [5.41, 5.74) is 2.37. The van der Waals surface area contributed by atoms with Gasteiger partial charge in [0.2, 0.25) is 0 Å². The lowest BCUT2D eigenvalue weighted by atomic mass is 10.1. The van der Waals surface area contributed by atoms with Crippen molar-refractivity contribution in [2.45, 2.75) is 6.61 Å². The highest BCUT2D eigenvalue weighted by atomic mass is 16.5. The van der Waals surface area contributed by atoms with E-state index in [0.29, 0.717) is 5.56 Å². The molecule has 19 heavy (non-hydrogen) atoms. The van der Waals surface area contributed by atoms with Crippen LogP contribution in [0.2, 0.25) is 0 Å². The topological polar surface area (TPSA) is 42.1 Å². The fourth-order valence-electron chi connectivity index (χ4n) is 2.06. The van der Waals surface area contributed by atoms with Crippen LogP contribution < -0.4 is 0 Å². The Bertz CT molecular complexity index is 701. The zero-order valence-electron chi connectivity index (χ0n) is 10.3. The zero-order valence-corrected chi connectivity index (χ0v) is 10.3. The monoisotopic (exact) mass is 251 g/mol. The third-order valence-corrected chi connectivity index (χ3v) is 3.02. The smallest absolute Gasteiger partial charge is 0.340 e. The summed E-state index contributed by atoms with van der Waals surface area (Å²) >= 11 is 0. The van der Waals surface area contributed by atoms with E-state index in [4.69, 9.17) is 4.74 Å². The van der Waals surface area contributed by atoms with Gasteiger partial charge >= 0.3 is 5.97 Å². The highest BCUT2D eigenvalue weighted by molar-refractivity contribution is 6.02. The molecule has 0 atom stereocenters. The van der Waals surface area contributed by atoms with Gasteiger partial charge in [-0.15, -0.1) is 0 Å². The van der Waals surface area contributed by atoms with Crippen LogP contribution >= 0.6 is 0 Å². The van der Waals surface area contributed by atoms with Gasteiger partial charge in [-0.3, -0.25) is 0 Å². The number of esters is 1. The van der Waals surface area contributed by atoms with Crippen LogP contribution in [0, 0.1) is 0 Å². The Labute approximate surface area is 110 Å². The van der Waals surface area contributed by atoms with E-state index >= 15 is 0 Å². The van der Waals surface area contributed by atoms with E-state index < -0.39 is 0 Å². The molecule has 0 saturated heterocycles. The minimum Gasteiger partial charge on any atom is -0.457 e. The van der Waals surface area contributed by atoms with E-state index in [1.54, 1.807) is 6.07 Å². The number of hydrogen-bond donors (Lipinski definition) is 1. The van der Waals surface area contributed by atoms with E-state index in [1.165, 1.54) is 0 Å². The number of aromatic nitrogens is 1. The summed E-state index contributed by atoms with van der Waals surface area (Å²) in [5, 5.41) is 1.01. The number of para-hydroxylation sites is 1. The molecule has 94 valence electrons. The van der Waals surface area contributed by atoms with Gasteiger partial charge in [-0.25, -0.2) is 4.79 Å². The maximum Gasteiger partial charge on any atom is 0.340 e. The normalized spacial score (nSPS) is 10.5. The summed E-state index contributed by atoms with van der Waals surface area (Å²) in [6.45, 7) is 0.288. The number of ether oxygens (including phenoxy) is 1. The first kappa shape index (κ1) is 11.5. The van der Waals surface area contributed by atoms with Crippen molar-refractivity contribution in [2.24, 2.45) is 0 Å². The minimum absolute atomic E-state index is 0.288. The molecular weight excluding hydrogens is 238 g/mol. The lowest BCUT2D eigenvalue weighted by molar-refractivity contribution is 0.0475. The zero-order chi connectivity index (χ0) is 13.1. The highest BCUT2D eigenvalue weighted by Crippen LogP contribution is 2.18. The molecule has 0 unspecified atom stereocenters. The molecule has 0 amide bonds. The van der Waals surface area contributed by atoms with Gasteiger partial charge in [0.15, 0.2) is 0 Å². The Hall–Kier alpha value is -2.55. The fourth-order valence-corrected chi connectivity index (χ4v) is 2.06. The quantitative estimate of drug-likeness (QED) is 0.723. The molecule has 1 aromatic heterocycles. The molecular formula is C16H13NO2. The van der Waals surface area contributed by atoms with Crippen molar-refractivity contribution in [2.75, 3.05) is 0 Å². The first-order chi connectivity index (χ1) is 9.34. The Morgan fingerprint density at radius 3 is 2.68 bits per heavy atom. The van der Waals surface area contributed by atoms with Gasteiger partial charge in [0.1, 0.15) is 6.61 Å². The first-order valence-corrected chi connectivity index (χ1v) is 6.12. The Morgan fingerprint density at radius 2 is 1.84 bits per heavy atom. The third kappa shape index (κ3) is 2.36. The van der Waals surface area contributed by atoms with Gasteiger partial charge in [-0.2, -0.15) is 0 Å². The molecule has 0 aliphatic carbocycles. The standard InChI is InChI=1S/C16H13NO2/c18-16(19-11-12-5-2-1-3-6-12)14-8-4-7-13-9-10-17-15(13)14/h1-10,17H,11H2. The lowest BCUT2D eigenvalue weighted by Crippen LogP contribution is -2.05. The number of benzene rings is 2. The maximum absolute atomic E-state index is 12.1. The summed E-state index contributed by atoms with van der Waals surface area (Å²) < 4.78 is 5.33. The lowest BCUT2D eigenvalue weighted by Gasteiger charge is -2.05. The molecule has 0 radical (unpaired) electrons. The molecule has 3 heteroatoms. The van der Waals surface area contributed by atoms with Crippen molar-refractivity contribution in [3.8, 4) is 0 Å². The first-order valence-electron chi connectivity index (χ1n) is 6.12. The van der Waals surface area contributed by atoms with Crippen molar-refractivity contribution in [1.82, 2.24) is 4.98 Å².